The van der Waals surface area contributed by atoms with Gasteiger partial charge in [0.2, 0.25) is 5.91 Å². The molecule has 2 aliphatic heterocycles. The van der Waals surface area contributed by atoms with E-state index < -0.39 is 0 Å². The van der Waals surface area contributed by atoms with Gasteiger partial charge in [-0.2, -0.15) is 5.10 Å². The van der Waals surface area contributed by atoms with Gasteiger partial charge in [-0.1, -0.05) is 19.3 Å². The van der Waals surface area contributed by atoms with Crippen molar-refractivity contribution in [3.63, 3.8) is 0 Å². The number of amides is 2. The zero-order chi connectivity index (χ0) is 18.6. The molecule has 148 valence electrons. The predicted molar refractivity (Wildman–Crippen MR) is 101 cm³/mol. The molecule has 3 N–H and O–H groups in total. The number of hydrogen-bond acceptors (Lipinski definition) is 5. The first-order chi connectivity index (χ1) is 13.2. The Kier molecular flexibility index (Phi) is 5.73. The monoisotopic (exact) mass is 374 g/mol. The van der Waals surface area contributed by atoms with Gasteiger partial charge in [0.15, 0.2) is 5.69 Å². The highest BCUT2D eigenvalue weighted by molar-refractivity contribution is 5.94. The summed E-state index contributed by atoms with van der Waals surface area (Å²) >= 11 is 0. The molecule has 1 saturated heterocycles. The zero-order valence-electron chi connectivity index (χ0n) is 15.9. The van der Waals surface area contributed by atoms with Gasteiger partial charge in [0.05, 0.1) is 6.54 Å². The first kappa shape index (κ1) is 18.4. The maximum Gasteiger partial charge on any atom is 0.274 e. The van der Waals surface area contributed by atoms with Crippen molar-refractivity contribution in [2.24, 2.45) is 0 Å². The zero-order valence-corrected chi connectivity index (χ0v) is 15.9. The third kappa shape index (κ3) is 4.32. The predicted octanol–water partition coefficient (Wildman–Crippen LogP) is 0.262. The molecule has 8 heteroatoms. The highest BCUT2D eigenvalue weighted by Crippen LogP contribution is 2.19. The van der Waals surface area contributed by atoms with Gasteiger partial charge in [0.1, 0.15) is 0 Å². The molecule has 0 spiro atoms. The Hall–Kier alpha value is -1.93. The summed E-state index contributed by atoms with van der Waals surface area (Å²) in [5.41, 5.74) is 2.65. The quantitative estimate of drug-likeness (QED) is 0.703. The number of H-pyrrole nitrogens is 1. The topological polar surface area (TPSA) is 93.4 Å². The number of piperazine rings is 1. The Labute approximate surface area is 160 Å². The second-order valence-electron chi connectivity index (χ2n) is 7.93. The van der Waals surface area contributed by atoms with Crippen LogP contribution < -0.4 is 10.6 Å². The molecule has 1 saturated carbocycles. The normalized spacial score (nSPS) is 21.7. The van der Waals surface area contributed by atoms with Crippen molar-refractivity contribution in [1.82, 2.24) is 30.6 Å². The SMILES string of the molecule is O=C(CN1CCN(C(=O)c2n[nH]c3c2CNCC3)CC1)NC1CCCCC1. The van der Waals surface area contributed by atoms with E-state index in [9.17, 15) is 9.59 Å². The summed E-state index contributed by atoms with van der Waals surface area (Å²) in [6.45, 7) is 4.80. The Balaban J connectivity index is 1.25. The van der Waals surface area contributed by atoms with Crippen molar-refractivity contribution in [3.05, 3.63) is 17.0 Å². The molecule has 3 aliphatic rings. The smallest absolute Gasteiger partial charge is 0.274 e. The van der Waals surface area contributed by atoms with E-state index in [1.54, 1.807) is 0 Å². The third-order valence-electron chi connectivity index (χ3n) is 6.01. The fraction of sp³-hybridized carbons (Fsp3) is 0.737. The molecule has 27 heavy (non-hydrogen) atoms. The lowest BCUT2D eigenvalue weighted by molar-refractivity contribution is -0.123. The summed E-state index contributed by atoms with van der Waals surface area (Å²) in [7, 11) is 0. The standard InChI is InChI=1S/C19H30N6O2/c26-17(21-14-4-2-1-3-5-14)13-24-8-10-25(11-9-24)19(27)18-15-12-20-7-6-16(15)22-23-18/h14,20H,1-13H2,(H,21,26)(H,22,23). The van der Waals surface area contributed by atoms with Gasteiger partial charge in [-0.05, 0) is 12.8 Å². The van der Waals surface area contributed by atoms with Crippen LogP contribution in [0.5, 0.6) is 0 Å². The Morgan fingerprint density at radius 1 is 1.11 bits per heavy atom. The Morgan fingerprint density at radius 3 is 2.67 bits per heavy atom. The summed E-state index contributed by atoms with van der Waals surface area (Å²) in [4.78, 5) is 29.1. The number of aromatic amines is 1. The number of aromatic nitrogens is 2. The lowest BCUT2D eigenvalue weighted by atomic mass is 9.95. The first-order valence-corrected chi connectivity index (χ1v) is 10.3. The van der Waals surface area contributed by atoms with E-state index in [4.69, 9.17) is 0 Å². The van der Waals surface area contributed by atoms with Crippen LogP contribution in [0.3, 0.4) is 0 Å². The van der Waals surface area contributed by atoms with Gasteiger partial charge in [-0.25, -0.2) is 0 Å². The Bertz CT molecular complexity index is 674. The van der Waals surface area contributed by atoms with Crippen molar-refractivity contribution in [3.8, 4) is 0 Å². The lowest BCUT2D eigenvalue weighted by Gasteiger charge is -2.34. The number of carbonyl (C=O) groups is 2. The van der Waals surface area contributed by atoms with Crippen LogP contribution in [0.15, 0.2) is 0 Å². The fourth-order valence-electron chi connectivity index (χ4n) is 4.38. The molecule has 1 aliphatic carbocycles. The summed E-state index contributed by atoms with van der Waals surface area (Å²) in [5.74, 6) is 0.122. The second-order valence-corrected chi connectivity index (χ2v) is 7.93. The van der Waals surface area contributed by atoms with E-state index in [1.807, 2.05) is 4.90 Å². The molecule has 0 atom stereocenters. The van der Waals surface area contributed by atoms with Crippen LogP contribution >= 0.6 is 0 Å². The van der Waals surface area contributed by atoms with Gasteiger partial charge in [0.25, 0.3) is 5.91 Å². The molecule has 4 rings (SSSR count). The van der Waals surface area contributed by atoms with Crippen molar-refractivity contribution < 1.29 is 9.59 Å². The van der Waals surface area contributed by atoms with E-state index in [1.165, 1.54) is 19.3 Å². The minimum absolute atomic E-state index is 0.00232. The van der Waals surface area contributed by atoms with Gasteiger partial charge in [-0.15, -0.1) is 0 Å². The largest absolute Gasteiger partial charge is 0.352 e. The summed E-state index contributed by atoms with van der Waals surface area (Å²) in [5, 5.41) is 13.8. The average Bonchev–Trinajstić information content (AvgIpc) is 3.13. The van der Waals surface area contributed by atoms with Crippen LogP contribution in [0.2, 0.25) is 0 Å². The van der Waals surface area contributed by atoms with E-state index in [0.29, 0.717) is 37.9 Å². The van der Waals surface area contributed by atoms with Crippen molar-refractivity contribution in [2.45, 2.75) is 51.1 Å². The first-order valence-electron chi connectivity index (χ1n) is 10.3. The number of fused-ring (bicyclic) bond motifs is 1. The lowest BCUT2D eigenvalue weighted by Crippen LogP contribution is -2.52. The number of nitrogens with one attached hydrogen (secondary N) is 3. The Morgan fingerprint density at radius 2 is 1.89 bits per heavy atom. The van der Waals surface area contributed by atoms with Gasteiger partial charge >= 0.3 is 0 Å². The van der Waals surface area contributed by atoms with Gasteiger partial charge in [0, 0.05) is 63.0 Å². The molecule has 1 aromatic rings. The van der Waals surface area contributed by atoms with E-state index in [0.717, 1.165) is 50.2 Å². The van der Waals surface area contributed by atoms with Crippen LogP contribution in [-0.2, 0) is 17.8 Å². The van der Waals surface area contributed by atoms with Crippen LogP contribution in [0.4, 0.5) is 0 Å². The second kappa shape index (κ2) is 8.39. The van der Waals surface area contributed by atoms with E-state index in [-0.39, 0.29) is 11.8 Å². The van der Waals surface area contributed by atoms with Crippen molar-refractivity contribution in [2.75, 3.05) is 39.3 Å². The summed E-state index contributed by atoms with van der Waals surface area (Å²) < 4.78 is 0. The van der Waals surface area contributed by atoms with Crippen LogP contribution in [0.25, 0.3) is 0 Å². The highest BCUT2D eigenvalue weighted by Gasteiger charge is 2.28. The van der Waals surface area contributed by atoms with Crippen molar-refractivity contribution >= 4 is 11.8 Å². The van der Waals surface area contributed by atoms with Gasteiger partial charge < -0.3 is 15.5 Å². The minimum atomic E-state index is 0.00232. The molecular formula is C19H30N6O2. The van der Waals surface area contributed by atoms with Crippen LogP contribution in [0.1, 0.15) is 53.8 Å². The molecule has 0 bridgehead atoms. The summed E-state index contributed by atoms with van der Waals surface area (Å²) in [6.07, 6.45) is 6.83. The molecule has 2 fully saturated rings. The minimum Gasteiger partial charge on any atom is -0.352 e. The van der Waals surface area contributed by atoms with Crippen LogP contribution in [-0.4, -0.2) is 77.1 Å². The molecular weight excluding hydrogens is 344 g/mol. The molecule has 1 aromatic heterocycles. The molecule has 0 radical (unpaired) electrons. The molecule has 0 aromatic carbocycles. The summed E-state index contributed by atoms with van der Waals surface area (Å²) in [6, 6.07) is 0.355. The van der Waals surface area contributed by atoms with Gasteiger partial charge in [-0.3, -0.25) is 19.6 Å². The number of hydrogen-bond donors (Lipinski definition) is 3. The molecule has 3 heterocycles. The molecule has 8 nitrogen and oxygen atoms in total. The number of rotatable bonds is 4. The average molecular weight is 374 g/mol. The number of carbonyl (C=O) groups excluding carboxylic acids is 2. The third-order valence-corrected chi connectivity index (χ3v) is 6.01. The number of nitrogens with zero attached hydrogens (tertiary/aromatic N) is 3. The fourth-order valence-corrected chi connectivity index (χ4v) is 4.38. The maximum absolute atomic E-state index is 12.8. The highest BCUT2D eigenvalue weighted by atomic mass is 16.2. The van der Waals surface area contributed by atoms with Crippen LogP contribution in [0, 0.1) is 0 Å². The maximum atomic E-state index is 12.8. The van der Waals surface area contributed by atoms with E-state index >= 15 is 0 Å². The molecule has 2 amide bonds. The van der Waals surface area contributed by atoms with E-state index in [2.05, 4.69) is 25.7 Å². The molecule has 0 unspecified atom stereocenters. The van der Waals surface area contributed by atoms with Crippen molar-refractivity contribution in [1.29, 1.82) is 0 Å².